The average molecular weight is 301 g/mol. The zero-order valence-corrected chi connectivity index (χ0v) is 12.8. The second-order valence-electron chi connectivity index (χ2n) is 4.42. The number of ether oxygens (including phenoxy) is 1. The second kappa shape index (κ2) is 5.61. The molecule has 1 aromatic carbocycles. The lowest BCUT2D eigenvalue weighted by molar-refractivity contribution is 0.415. The van der Waals surface area contributed by atoms with Crippen LogP contribution in [-0.4, -0.2) is 33.1 Å². The number of thioether (sulfide) groups is 1. The van der Waals surface area contributed by atoms with E-state index in [0.717, 1.165) is 28.3 Å². The molecule has 0 spiro atoms. The lowest BCUT2D eigenvalue weighted by Crippen LogP contribution is -2.00. The van der Waals surface area contributed by atoms with E-state index in [0.29, 0.717) is 5.16 Å². The van der Waals surface area contributed by atoms with Crippen LogP contribution in [-0.2, 0) is 7.05 Å². The summed E-state index contributed by atoms with van der Waals surface area (Å²) < 4.78 is 6.98. The topological polar surface area (TPSA) is 64.9 Å². The van der Waals surface area contributed by atoms with Crippen LogP contribution >= 0.6 is 11.8 Å². The predicted molar refractivity (Wildman–Crippen MR) is 84.4 cm³/mol. The molecule has 108 valence electrons. The number of hydrogen-bond acceptors (Lipinski definition) is 6. The fraction of sp³-hybridized carbons (Fsp3) is 0.214. The molecule has 0 aliphatic carbocycles. The summed E-state index contributed by atoms with van der Waals surface area (Å²) >= 11 is 1.50. The number of aryl methyl sites for hydroxylation is 1. The highest BCUT2D eigenvalue weighted by Crippen LogP contribution is 2.27. The summed E-state index contributed by atoms with van der Waals surface area (Å²) in [4.78, 5) is 9.01. The van der Waals surface area contributed by atoms with Gasteiger partial charge in [0, 0.05) is 18.8 Å². The van der Waals surface area contributed by atoms with E-state index in [1.807, 2.05) is 37.6 Å². The van der Waals surface area contributed by atoms with Gasteiger partial charge in [-0.25, -0.2) is 9.97 Å². The quantitative estimate of drug-likeness (QED) is 0.590. The maximum atomic E-state index is 5.24. The first kappa shape index (κ1) is 13.7. The average Bonchev–Trinajstić information content (AvgIpc) is 2.89. The summed E-state index contributed by atoms with van der Waals surface area (Å²) in [6.45, 7) is 0. The van der Waals surface area contributed by atoms with Crippen LogP contribution in [0.4, 0.5) is 11.5 Å². The highest BCUT2D eigenvalue weighted by Gasteiger charge is 2.11. The fourth-order valence-electron chi connectivity index (χ4n) is 2.03. The van der Waals surface area contributed by atoms with Crippen molar-refractivity contribution in [3.05, 3.63) is 30.5 Å². The van der Waals surface area contributed by atoms with Gasteiger partial charge >= 0.3 is 0 Å². The molecule has 7 heteroatoms. The number of hydrogen-bond donors (Lipinski definition) is 1. The molecule has 3 aromatic rings. The van der Waals surface area contributed by atoms with E-state index in [9.17, 15) is 0 Å². The number of nitrogens with zero attached hydrogens (tertiary/aromatic N) is 4. The first-order valence-electron chi connectivity index (χ1n) is 6.36. The molecule has 2 aromatic heterocycles. The number of fused-ring (bicyclic) bond motifs is 1. The van der Waals surface area contributed by atoms with Crippen molar-refractivity contribution in [2.45, 2.75) is 5.16 Å². The first-order valence-corrected chi connectivity index (χ1v) is 7.58. The van der Waals surface area contributed by atoms with E-state index < -0.39 is 0 Å². The van der Waals surface area contributed by atoms with Gasteiger partial charge in [0.15, 0.2) is 10.8 Å². The zero-order valence-electron chi connectivity index (χ0n) is 12.0. The number of aromatic nitrogens is 4. The molecular formula is C14H15N5OS. The van der Waals surface area contributed by atoms with Crippen molar-refractivity contribution < 1.29 is 4.74 Å². The van der Waals surface area contributed by atoms with Gasteiger partial charge in [-0.1, -0.05) is 17.8 Å². The Kier molecular flexibility index (Phi) is 3.66. The maximum Gasteiger partial charge on any atom is 0.191 e. The van der Waals surface area contributed by atoms with E-state index >= 15 is 0 Å². The normalized spacial score (nSPS) is 10.8. The first-order chi connectivity index (χ1) is 10.2. The number of rotatable bonds is 4. The van der Waals surface area contributed by atoms with Gasteiger partial charge in [-0.15, -0.1) is 0 Å². The molecule has 6 nitrogen and oxygen atoms in total. The Morgan fingerprint density at radius 2 is 2.14 bits per heavy atom. The van der Waals surface area contributed by atoms with Crippen molar-refractivity contribution in [1.29, 1.82) is 0 Å². The summed E-state index contributed by atoms with van der Waals surface area (Å²) in [7, 11) is 3.52. The molecule has 0 radical (unpaired) electrons. The molecule has 0 amide bonds. The minimum atomic E-state index is 0.705. The summed E-state index contributed by atoms with van der Waals surface area (Å²) in [6, 6.07) is 7.71. The molecular weight excluding hydrogens is 286 g/mol. The molecule has 0 saturated carbocycles. The number of methoxy groups -OCH3 is 1. The molecule has 0 aliphatic heterocycles. The third-order valence-electron chi connectivity index (χ3n) is 3.09. The number of nitrogens with one attached hydrogen (secondary N) is 1. The molecule has 3 rings (SSSR count). The van der Waals surface area contributed by atoms with Crippen molar-refractivity contribution in [3.8, 4) is 5.75 Å². The number of benzene rings is 1. The lowest BCUT2D eigenvalue weighted by atomic mass is 10.3. The van der Waals surface area contributed by atoms with Gasteiger partial charge in [0.25, 0.3) is 0 Å². The van der Waals surface area contributed by atoms with Gasteiger partial charge in [0.2, 0.25) is 0 Å². The highest BCUT2D eigenvalue weighted by molar-refractivity contribution is 7.98. The van der Waals surface area contributed by atoms with Gasteiger partial charge in [0.1, 0.15) is 11.6 Å². The standard InChI is InChI=1S/C14H15N5OS/c1-19-13-11(8-15-19)12(17-14(18-13)21-3)16-9-5-4-6-10(7-9)20-2/h4-8H,1-3H3,(H,16,17,18). The van der Waals surface area contributed by atoms with E-state index in [1.165, 1.54) is 11.8 Å². The van der Waals surface area contributed by atoms with Gasteiger partial charge in [0.05, 0.1) is 18.7 Å². The smallest absolute Gasteiger partial charge is 0.191 e. The molecule has 0 aliphatic rings. The number of anilines is 2. The molecule has 1 N–H and O–H groups in total. The Hall–Kier alpha value is -2.28. The second-order valence-corrected chi connectivity index (χ2v) is 5.19. The largest absolute Gasteiger partial charge is 0.497 e. The van der Waals surface area contributed by atoms with E-state index in [-0.39, 0.29) is 0 Å². The molecule has 2 heterocycles. The Bertz CT molecular complexity index is 786. The molecule has 0 fully saturated rings. The van der Waals surface area contributed by atoms with Gasteiger partial charge in [-0.2, -0.15) is 5.10 Å². The van der Waals surface area contributed by atoms with Crippen molar-refractivity contribution in [2.24, 2.45) is 7.05 Å². The Labute approximate surface area is 126 Å². The lowest BCUT2D eigenvalue weighted by Gasteiger charge is -2.09. The monoisotopic (exact) mass is 301 g/mol. The Morgan fingerprint density at radius 1 is 1.29 bits per heavy atom. The third-order valence-corrected chi connectivity index (χ3v) is 3.63. The van der Waals surface area contributed by atoms with Crippen molar-refractivity contribution in [3.63, 3.8) is 0 Å². The van der Waals surface area contributed by atoms with Gasteiger partial charge < -0.3 is 10.1 Å². The van der Waals surface area contributed by atoms with Gasteiger partial charge in [-0.05, 0) is 18.4 Å². The van der Waals surface area contributed by atoms with Crippen LogP contribution < -0.4 is 10.1 Å². The Balaban J connectivity index is 2.06. The summed E-state index contributed by atoms with van der Waals surface area (Å²) in [6.07, 6.45) is 3.72. The van der Waals surface area contributed by atoms with Crippen molar-refractivity contribution in [2.75, 3.05) is 18.7 Å². The molecule has 0 unspecified atom stereocenters. The fourth-order valence-corrected chi connectivity index (χ4v) is 2.39. The minimum Gasteiger partial charge on any atom is -0.497 e. The zero-order chi connectivity index (χ0) is 14.8. The van der Waals surface area contributed by atoms with Crippen LogP contribution in [0.2, 0.25) is 0 Å². The van der Waals surface area contributed by atoms with E-state index in [1.54, 1.807) is 18.0 Å². The predicted octanol–water partition coefficient (Wildman–Crippen LogP) is 2.84. The Morgan fingerprint density at radius 3 is 2.90 bits per heavy atom. The van der Waals surface area contributed by atoms with Crippen LogP contribution in [0.1, 0.15) is 0 Å². The molecule has 0 atom stereocenters. The minimum absolute atomic E-state index is 0.705. The summed E-state index contributed by atoms with van der Waals surface area (Å²) in [5, 5.41) is 9.15. The van der Waals surface area contributed by atoms with Crippen LogP contribution in [0.3, 0.4) is 0 Å². The van der Waals surface area contributed by atoms with Crippen LogP contribution in [0.15, 0.2) is 35.6 Å². The van der Waals surface area contributed by atoms with Crippen molar-refractivity contribution >= 4 is 34.3 Å². The molecule has 21 heavy (non-hydrogen) atoms. The highest BCUT2D eigenvalue weighted by atomic mass is 32.2. The van der Waals surface area contributed by atoms with Crippen LogP contribution in [0.25, 0.3) is 11.0 Å². The SMILES string of the molecule is COc1cccc(Nc2nc(SC)nc3c2cnn3C)c1. The summed E-state index contributed by atoms with van der Waals surface area (Å²) in [5.41, 5.74) is 1.71. The molecule has 0 saturated heterocycles. The van der Waals surface area contributed by atoms with Crippen LogP contribution in [0, 0.1) is 0 Å². The van der Waals surface area contributed by atoms with Gasteiger partial charge in [-0.3, -0.25) is 4.68 Å². The maximum absolute atomic E-state index is 5.24. The van der Waals surface area contributed by atoms with Crippen molar-refractivity contribution in [1.82, 2.24) is 19.7 Å². The van der Waals surface area contributed by atoms with Crippen LogP contribution in [0.5, 0.6) is 5.75 Å². The summed E-state index contributed by atoms with van der Waals surface area (Å²) in [5.74, 6) is 1.53. The van der Waals surface area contributed by atoms with E-state index in [2.05, 4.69) is 20.4 Å². The molecule has 0 bridgehead atoms. The van der Waals surface area contributed by atoms with E-state index in [4.69, 9.17) is 4.74 Å². The third kappa shape index (κ3) is 2.64.